The second-order valence-electron chi connectivity index (χ2n) is 5.96. The molecular formula is C22H21O3P. The van der Waals surface area contributed by atoms with Crippen LogP contribution in [0.15, 0.2) is 72.8 Å². The molecule has 0 bridgehead atoms. The number of hydrogen-bond donors (Lipinski definition) is 0. The van der Waals surface area contributed by atoms with Crippen LogP contribution in [-0.4, -0.2) is 5.97 Å². The van der Waals surface area contributed by atoms with E-state index in [-0.39, 0.29) is 0 Å². The average Bonchev–Trinajstić information content (AvgIpc) is 2.63. The predicted octanol–water partition coefficient (Wildman–Crippen LogP) is 6.33. The summed E-state index contributed by atoms with van der Waals surface area (Å²) >= 11 is 0. The van der Waals surface area contributed by atoms with E-state index in [1.807, 2.05) is 45.0 Å². The van der Waals surface area contributed by atoms with Gasteiger partial charge in [0.25, 0.3) is 0 Å². The van der Waals surface area contributed by atoms with Crippen molar-refractivity contribution in [2.24, 2.45) is 0 Å². The van der Waals surface area contributed by atoms with Crippen molar-refractivity contribution in [1.29, 1.82) is 0 Å². The first-order valence-electron chi connectivity index (χ1n) is 8.25. The van der Waals surface area contributed by atoms with Gasteiger partial charge >= 0.3 is 14.7 Å². The molecule has 0 saturated heterocycles. The van der Waals surface area contributed by atoms with Crippen LogP contribution < -0.4 is 0 Å². The first-order valence-corrected chi connectivity index (χ1v) is 8.98. The molecule has 0 atom stereocenters. The van der Waals surface area contributed by atoms with Crippen LogP contribution in [0.3, 0.4) is 0 Å². The van der Waals surface area contributed by atoms with Gasteiger partial charge < -0.3 is 4.52 Å². The lowest BCUT2D eigenvalue weighted by atomic mass is 10.0. The third-order valence-electron chi connectivity index (χ3n) is 3.88. The molecule has 3 aromatic carbocycles. The van der Waals surface area contributed by atoms with E-state index < -0.39 is 14.7 Å². The Morgan fingerprint density at radius 1 is 0.769 bits per heavy atom. The highest BCUT2D eigenvalue weighted by Gasteiger charge is 2.14. The molecule has 0 aliphatic rings. The lowest BCUT2D eigenvalue weighted by molar-refractivity contribution is 0.0754. The van der Waals surface area contributed by atoms with Gasteiger partial charge in [-0.25, -0.2) is 9.36 Å². The summed E-state index contributed by atoms with van der Waals surface area (Å²) in [5.74, 6) is -0.545. The maximum absolute atomic E-state index is 11.4. The Bertz CT molecular complexity index is 814. The fraction of sp³-hybridized carbons (Fsp3) is 0.136. The molecule has 3 aromatic rings. The quantitative estimate of drug-likeness (QED) is 0.510. The Kier molecular flexibility index (Phi) is 7.25. The predicted molar refractivity (Wildman–Crippen MR) is 106 cm³/mol. The largest absolute Gasteiger partial charge is 0.398 e. The van der Waals surface area contributed by atoms with Crippen LogP contribution in [0, 0.1) is 20.8 Å². The van der Waals surface area contributed by atoms with Crippen molar-refractivity contribution in [3.8, 4) is 11.1 Å². The summed E-state index contributed by atoms with van der Waals surface area (Å²) in [6.07, 6.45) is 0. The maximum atomic E-state index is 11.4. The van der Waals surface area contributed by atoms with E-state index in [0.717, 1.165) is 16.7 Å². The SMILES string of the molecule is Cc1cc(C)c(C(=O)OP=O)c(C)c1.c1ccc(-c2ccccc2)cc1. The molecule has 0 spiro atoms. The van der Waals surface area contributed by atoms with Gasteiger partial charge in [0.2, 0.25) is 0 Å². The Morgan fingerprint density at radius 3 is 1.58 bits per heavy atom. The van der Waals surface area contributed by atoms with Gasteiger partial charge in [0.1, 0.15) is 0 Å². The fourth-order valence-electron chi connectivity index (χ4n) is 2.84. The van der Waals surface area contributed by atoms with E-state index in [2.05, 4.69) is 53.1 Å². The van der Waals surface area contributed by atoms with E-state index in [4.69, 9.17) is 0 Å². The zero-order valence-electron chi connectivity index (χ0n) is 15.1. The first-order chi connectivity index (χ1) is 12.5. The molecule has 0 aromatic heterocycles. The summed E-state index contributed by atoms with van der Waals surface area (Å²) in [4.78, 5) is 11.4. The zero-order chi connectivity index (χ0) is 18.9. The fourth-order valence-corrected chi connectivity index (χ4v) is 3.00. The lowest BCUT2D eigenvalue weighted by Crippen LogP contribution is -2.04. The number of hydrogen-bond acceptors (Lipinski definition) is 3. The summed E-state index contributed by atoms with van der Waals surface area (Å²) in [5, 5.41) is 0. The van der Waals surface area contributed by atoms with Gasteiger partial charge in [-0.2, -0.15) is 0 Å². The van der Waals surface area contributed by atoms with Crippen molar-refractivity contribution >= 4 is 14.7 Å². The number of aryl methyl sites for hydroxylation is 3. The van der Waals surface area contributed by atoms with Crippen LogP contribution in [-0.2, 0) is 9.09 Å². The number of benzene rings is 3. The minimum Gasteiger partial charge on any atom is -0.369 e. The average molecular weight is 364 g/mol. The van der Waals surface area contributed by atoms with E-state index in [0.29, 0.717) is 5.56 Å². The van der Waals surface area contributed by atoms with Crippen molar-refractivity contribution in [2.45, 2.75) is 20.8 Å². The topological polar surface area (TPSA) is 43.4 Å². The highest BCUT2D eigenvalue weighted by atomic mass is 31.1. The van der Waals surface area contributed by atoms with Crippen molar-refractivity contribution in [3.63, 3.8) is 0 Å². The molecule has 132 valence electrons. The Morgan fingerprint density at radius 2 is 1.19 bits per heavy atom. The van der Waals surface area contributed by atoms with Gasteiger partial charge in [0.15, 0.2) is 0 Å². The standard InChI is InChI=1S/C12H10.C10H11O3P/c1-3-7-11(8-4-1)12-9-5-2-6-10-12;1-6-4-7(2)9(8(3)5-6)10(11)13-14-12/h1-10H;4-5H,1-3H3. The lowest BCUT2D eigenvalue weighted by Gasteiger charge is -2.07. The van der Waals surface area contributed by atoms with E-state index in [1.54, 1.807) is 0 Å². The Labute approximate surface area is 155 Å². The molecular weight excluding hydrogens is 343 g/mol. The Balaban J connectivity index is 0.000000189. The van der Waals surface area contributed by atoms with Gasteiger partial charge in [-0.05, 0) is 43.0 Å². The molecule has 3 rings (SSSR count). The third kappa shape index (κ3) is 5.37. The van der Waals surface area contributed by atoms with Crippen molar-refractivity contribution in [3.05, 3.63) is 95.1 Å². The van der Waals surface area contributed by atoms with Crippen molar-refractivity contribution in [2.75, 3.05) is 0 Å². The molecule has 0 fully saturated rings. The monoisotopic (exact) mass is 364 g/mol. The van der Waals surface area contributed by atoms with Gasteiger partial charge in [-0.3, -0.25) is 0 Å². The smallest absolute Gasteiger partial charge is 0.369 e. The van der Waals surface area contributed by atoms with E-state index >= 15 is 0 Å². The van der Waals surface area contributed by atoms with Gasteiger partial charge in [0, 0.05) is 0 Å². The van der Waals surface area contributed by atoms with Crippen LogP contribution >= 0.6 is 8.69 Å². The second kappa shape index (κ2) is 9.65. The Hall–Kier alpha value is -2.77. The summed E-state index contributed by atoms with van der Waals surface area (Å²) in [7, 11) is -0.610. The number of rotatable bonds is 3. The van der Waals surface area contributed by atoms with Crippen LogP contribution in [0.25, 0.3) is 11.1 Å². The molecule has 0 aliphatic heterocycles. The first kappa shape index (κ1) is 19.6. The van der Waals surface area contributed by atoms with Gasteiger partial charge in [0.05, 0.1) is 5.56 Å². The van der Waals surface area contributed by atoms with Crippen molar-refractivity contribution < 1.29 is 13.9 Å². The second-order valence-corrected chi connectivity index (χ2v) is 6.29. The highest BCUT2D eigenvalue weighted by molar-refractivity contribution is 7.18. The summed E-state index contributed by atoms with van der Waals surface area (Å²) in [6.45, 7) is 5.62. The molecule has 0 radical (unpaired) electrons. The van der Waals surface area contributed by atoms with E-state index in [1.165, 1.54) is 11.1 Å². The van der Waals surface area contributed by atoms with Crippen LogP contribution in [0.5, 0.6) is 0 Å². The summed E-state index contributed by atoms with van der Waals surface area (Å²) in [5.41, 5.74) is 5.83. The third-order valence-corrected chi connectivity index (χ3v) is 4.12. The van der Waals surface area contributed by atoms with Crippen LogP contribution in [0.2, 0.25) is 0 Å². The highest BCUT2D eigenvalue weighted by Crippen LogP contribution is 2.19. The molecule has 0 aliphatic carbocycles. The molecule has 26 heavy (non-hydrogen) atoms. The summed E-state index contributed by atoms with van der Waals surface area (Å²) in [6, 6.07) is 24.6. The minimum atomic E-state index is -0.610. The van der Waals surface area contributed by atoms with Crippen molar-refractivity contribution in [1.82, 2.24) is 0 Å². The molecule has 0 amide bonds. The maximum Gasteiger partial charge on any atom is 0.398 e. The zero-order valence-corrected chi connectivity index (χ0v) is 16.0. The normalized spacial score (nSPS) is 9.96. The van der Waals surface area contributed by atoms with Crippen LogP contribution in [0.1, 0.15) is 27.0 Å². The van der Waals surface area contributed by atoms with E-state index in [9.17, 15) is 9.36 Å². The number of carbonyl (C=O) groups is 1. The molecule has 0 unspecified atom stereocenters. The molecule has 0 heterocycles. The molecule has 0 saturated carbocycles. The van der Waals surface area contributed by atoms with Gasteiger partial charge in [-0.1, -0.05) is 78.4 Å². The number of carbonyl (C=O) groups excluding carboxylic acids is 1. The molecule has 3 nitrogen and oxygen atoms in total. The molecule has 4 heteroatoms. The summed E-state index contributed by atoms with van der Waals surface area (Å²) < 4.78 is 14.5. The molecule has 0 N–H and O–H groups in total. The van der Waals surface area contributed by atoms with Gasteiger partial charge in [-0.15, -0.1) is 0 Å². The minimum absolute atomic E-state index is 0.499. The van der Waals surface area contributed by atoms with Crippen LogP contribution in [0.4, 0.5) is 0 Å².